The number of hydrogen-bond donors (Lipinski definition) is 0. The summed E-state index contributed by atoms with van der Waals surface area (Å²) < 4.78 is 12.4. The molecule has 2 heteroatoms. The van der Waals surface area contributed by atoms with Crippen LogP contribution in [0.3, 0.4) is 0 Å². The van der Waals surface area contributed by atoms with Crippen LogP contribution in [0, 0.1) is 34.5 Å². The van der Waals surface area contributed by atoms with Gasteiger partial charge in [0.2, 0.25) is 0 Å². The smallest absolute Gasteiger partial charge is 0.0706 e. The van der Waals surface area contributed by atoms with Crippen molar-refractivity contribution in [3.05, 3.63) is 0 Å². The SMILES string of the molecule is CC(C)C12CCC(C(C)C)(CC1)OC2.CC(C)C12CCC(C(C)C)(CC1)OC2. The van der Waals surface area contributed by atoms with Crippen LogP contribution in [0.25, 0.3) is 0 Å². The van der Waals surface area contributed by atoms with Crippen molar-refractivity contribution in [3.8, 4) is 0 Å². The molecule has 0 unspecified atom stereocenters. The van der Waals surface area contributed by atoms with Crippen LogP contribution >= 0.6 is 0 Å². The van der Waals surface area contributed by atoms with Crippen LogP contribution in [0.1, 0.15) is 107 Å². The van der Waals surface area contributed by atoms with E-state index in [1.54, 1.807) is 0 Å². The highest BCUT2D eigenvalue weighted by molar-refractivity contribution is 5.02. The van der Waals surface area contributed by atoms with Crippen LogP contribution in [-0.4, -0.2) is 24.4 Å². The van der Waals surface area contributed by atoms with Crippen molar-refractivity contribution in [2.45, 2.75) is 118 Å². The van der Waals surface area contributed by atoms with Gasteiger partial charge in [0.1, 0.15) is 0 Å². The van der Waals surface area contributed by atoms with Crippen LogP contribution in [0.4, 0.5) is 0 Å². The van der Waals surface area contributed by atoms with Gasteiger partial charge in [0.25, 0.3) is 0 Å². The van der Waals surface area contributed by atoms with Gasteiger partial charge in [-0.2, -0.15) is 0 Å². The normalized spacial score (nSPS) is 42.4. The molecule has 6 rings (SSSR count). The molecule has 0 radical (unpaired) electrons. The predicted octanol–water partition coefficient (Wildman–Crippen LogP) is 7.26. The Labute approximate surface area is 175 Å². The van der Waals surface area contributed by atoms with E-state index in [0.717, 1.165) is 25.0 Å². The fraction of sp³-hybridized carbons (Fsp3) is 1.00. The zero-order chi connectivity index (χ0) is 20.8. The summed E-state index contributed by atoms with van der Waals surface area (Å²) in [5.41, 5.74) is 1.54. The Morgan fingerprint density at radius 3 is 0.857 bits per heavy atom. The minimum absolute atomic E-state index is 0.247. The number of fused-ring (bicyclic) bond motifs is 6. The molecule has 0 N–H and O–H groups in total. The monoisotopic (exact) mass is 392 g/mol. The lowest BCUT2D eigenvalue weighted by atomic mass is 9.59. The van der Waals surface area contributed by atoms with Gasteiger partial charge in [-0.1, -0.05) is 55.4 Å². The Kier molecular flexibility index (Phi) is 6.36. The fourth-order valence-corrected chi connectivity index (χ4v) is 6.47. The average Bonchev–Trinajstić information content (AvgIpc) is 2.71. The number of rotatable bonds is 4. The highest BCUT2D eigenvalue weighted by atomic mass is 16.5. The summed E-state index contributed by atoms with van der Waals surface area (Å²) in [5.74, 6) is 2.95. The third kappa shape index (κ3) is 3.70. The molecular formula is C26H48O2. The first kappa shape index (κ1) is 22.6. The number of ether oxygens (including phenoxy) is 2. The molecular weight excluding hydrogens is 344 g/mol. The average molecular weight is 393 g/mol. The largest absolute Gasteiger partial charge is 0.374 e. The van der Waals surface area contributed by atoms with Crippen molar-refractivity contribution < 1.29 is 9.47 Å². The lowest BCUT2D eigenvalue weighted by Crippen LogP contribution is -2.55. The third-order valence-corrected chi connectivity index (χ3v) is 10.0. The Bertz CT molecular complexity index is 385. The molecule has 0 spiro atoms. The molecule has 4 saturated heterocycles. The van der Waals surface area contributed by atoms with E-state index in [0.29, 0.717) is 22.7 Å². The van der Waals surface area contributed by atoms with E-state index in [9.17, 15) is 0 Å². The second-order valence-corrected chi connectivity index (χ2v) is 12.1. The zero-order valence-corrected chi connectivity index (χ0v) is 20.2. The van der Waals surface area contributed by atoms with Crippen molar-refractivity contribution in [2.75, 3.05) is 13.2 Å². The van der Waals surface area contributed by atoms with E-state index >= 15 is 0 Å². The fourth-order valence-electron chi connectivity index (χ4n) is 6.47. The van der Waals surface area contributed by atoms with Gasteiger partial charge < -0.3 is 9.47 Å². The summed E-state index contributed by atoms with van der Waals surface area (Å²) in [5, 5.41) is 0. The van der Waals surface area contributed by atoms with Crippen LogP contribution in [0.5, 0.6) is 0 Å². The topological polar surface area (TPSA) is 18.5 Å². The lowest BCUT2D eigenvalue weighted by Gasteiger charge is -2.56. The molecule has 2 saturated carbocycles. The molecule has 6 fully saturated rings. The molecule has 164 valence electrons. The van der Waals surface area contributed by atoms with Crippen molar-refractivity contribution in [2.24, 2.45) is 34.5 Å². The van der Waals surface area contributed by atoms with Gasteiger partial charge in [-0.25, -0.2) is 0 Å². The van der Waals surface area contributed by atoms with Crippen molar-refractivity contribution in [1.29, 1.82) is 0 Å². The number of hydrogen-bond acceptors (Lipinski definition) is 2. The molecule has 0 aromatic heterocycles. The second-order valence-electron chi connectivity index (χ2n) is 12.1. The first-order valence-corrected chi connectivity index (χ1v) is 12.3. The van der Waals surface area contributed by atoms with Gasteiger partial charge in [0, 0.05) is 0 Å². The van der Waals surface area contributed by atoms with Crippen LogP contribution in [0.15, 0.2) is 0 Å². The van der Waals surface area contributed by atoms with Crippen LogP contribution in [-0.2, 0) is 9.47 Å². The maximum atomic E-state index is 6.19. The standard InChI is InChI=1S/2C13H24O/c2*1-10(2)12-5-7-13(8-6-12,11(3)4)14-9-12/h2*10-11H,5-9H2,1-4H3. The van der Waals surface area contributed by atoms with Crippen molar-refractivity contribution >= 4 is 0 Å². The lowest BCUT2D eigenvalue weighted by molar-refractivity contribution is -0.214. The summed E-state index contributed by atoms with van der Waals surface area (Å²) >= 11 is 0. The Morgan fingerprint density at radius 1 is 0.429 bits per heavy atom. The quantitative estimate of drug-likeness (QED) is 0.501. The van der Waals surface area contributed by atoms with Crippen molar-refractivity contribution in [1.82, 2.24) is 0 Å². The first-order chi connectivity index (χ1) is 13.0. The third-order valence-electron chi connectivity index (χ3n) is 10.0. The molecule has 0 aromatic carbocycles. The molecule has 4 aliphatic heterocycles. The molecule has 0 aromatic rings. The Balaban J connectivity index is 0.000000161. The summed E-state index contributed by atoms with van der Waals surface area (Å²) in [6.45, 7) is 20.7. The molecule has 28 heavy (non-hydrogen) atoms. The summed E-state index contributed by atoms with van der Waals surface area (Å²) in [6, 6.07) is 0. The van der Waals surface area contributed by atoms with Gasteiger partial charge in [-0.15, -0.1) is 0 Å². The van der Waals surface area contributed by atoms with E-state index in [2.05, 4.69) is 55.4 Å². The maximum absolute atomic E-state index is 6.19. The predicted molar refractivity (Wildman–Crippen MR) is 119 cm³/mol. The second kappa shape index (κ2) is 7.88. The molecule has 0 atom stereocenters. The minimum atomic E-state index is 0.247. The van der Waals surface area contributed by atoms with E-state index in [4.69, 9.17) is 9.47 Å². The van der Waals surface area contributed by atoms with Crippen molar-refractivity contribution in [3.63, 3.8) is 0 Å². The van der Waals surface area contributed by atoms with Gasteiger partial charge in [0.05, 0.1) is 24.4 Å². The highest BCUT2D eigenvalue weighted by Gasteiger charge is 2.53. The molecule has 6 aliphatic rings. The first-order valence-electron chi connectivity index (χ1n) is 12.3. The van der Waals surface area contributed by atoms with E-state index < -0.39 is 0 Å². The summed E-state index contributed by atoms with van der Waals surface area (Å²) in [7, 11) is 0. The minimum Gasteiger partial charge on any atom is -0.374 e. The van der Waals surface area contributed by atoms with Gasteiger partial charge in [-0.05, 0) is 85.9 Å². The maximum Gasteiger partial charge on any atom is 0.0706 e. The molecule has 0 amide bonds. The Morgan fingerprint density at radius 2 is 0.714 bits per heavy atom. The van der Waals surface area contributed by atoms with Gasteiger partial charge in [0.15, 0.2) is 0 Å². The summed E-state index contributed by atoms with van der Waals surface area (Å²) in [6.07, 6.45) is 10.7. The Hall–Kier alpha value is -0.0800. The molecule has 2 aliphatic carbocycles. The van der Waals surface area contributed by atoms with Crippen LogP contribution in [0.2, 0.25) is 0 Å². The van der Waals surface area contributed by atoms with E-state index in [1.165, 1.54) is 51.4 Å². The molecule has 4 bridgehead atoms. The van der Waals surface area contributed by atoms with Crippen LogP contribution < -0.4 is 0 Å². The highest BCUT2D eigenvalue weighted by Crippen LogP contribution is 2.55. The van der Waals surface area contributed by atoms with Gasteiger partial charge >= 0.3 is 0 Å². The van der Waals surface area contributed by atoms with E-state index in [1.807, 2.05) is 0 Å². The molecule has 4 heterocycles. The van der Waals surface area contributed by atoms with Gasteiger partial charge in [-0.3, -0.25) is 0 Å². The summed E-state index contributed by atoms with van der Waals surface area (Å²) in [4.78, 5) is 0. The molecule has 2 nitrogen and oxygen atoms in total. The van der Waals surface area contributed by atoms with E-state index in [-0.39, 0.29) is 11.2 Å². The zero-order valence-electron chi connectivity index (χ0n) is 20.2.